The molecule has 2 aliphatic rings. The average molecular weight is 190 g/mol. The summed E-state index contributed by atoms with van der Waals surface area (Å²) in [4.78, 5) is 6.94. The van der Waals surface area contributed by atoms with E-state index in [4.69, 9.17) is 0 Å². The Kier molecular flexibility index (Phi) is 2.44. The molecule has 1 unspecified atom stereocenters. The van der Waals surface area contributed by atoms with Gasteiger partial charge in [0.25, 0.3) is 0 Å². The maximum atomic E-state index is 4.58. The van der Waals surface area contributed by atoms with Crippen molar-refractivity contribution in [1.29, 1.82) is 0 Å². The molecule has 2 aliphatic heterocycles. The van der Waals surface area contributed by atoms with Crippen LogP contribution in [0.25, 0.3) is 0 Å². The van der Waals surface area contributed by atoms with Crippen LogP contribution in [0.2, 0.25) is 0 Å². The minimum atomic E-state index is 0.628. The van der Waals surface area contributed by atoms with Crippen LogP contribution in [0.5, 0.6) is 0 Å². The predicted octanol–water partition coefficient (Wildman–Crippen LogP) is 2.24. The van der Waals surface area contributed by atoms with E-state index in [-0.39, 0.29) is 0 Å². The molecular weight excluding hydrogens is 172 g/mol. The minimum absolute atomic E-state index is 0.628. The average Bonchev–Trinajstić information content (AvgIpc) is 2.20. The third-order valence-electron chi connectivity index (χ3n) is 3.17. The molecule has 0 saturated carbocycles. The third kappa shape index (κ3) is 1.39. The van der Waals surface area contributed by atoms with Gasteiger partial charge in [-0.15, -0.1) is 0 Å². The zero-order valence-electron chi connectivity index (χ0n) is 9.25. The van der Waals surface area contributed by atoms with Gasteiger partial charge in [0, 0.05) is 43.0 Å². The molecule has 76 valence electrons. The van der Waals surface area contributed by atoms with Crippen LogP contribution in [-0.2, 0) is 0 Å². The maximum Gasteiger partial charge on any atom is 0.0475 e. The van der Waals surface area contributed by atoms with Gasteiger partial charge in [-0.25, -0.2) is 0 Å². The first-order valence-corrected chi connectivity index (χ1v) is 5.37. The van der Waals surface area contributed by atoms with Crippen molar-refractivity contribution in [3.63, 3.8) is 0 Å². The minimum Gasteiger partial charge on any atom is -0.373 e. The summed E-state index contributed by atoms with van der Waals surface area (Å²) in [6.45, 7) is 6.38. The van der Waals surface area contributed by atoms with Gasteiger partial charge in [0.15, 0.2) is 0 Å². The SMILES string of the molecule is CCC1CN=C(C)C2=C1N(C)CC=C2. The van der Waals surface area contributed by atoms with Crippen molar-refractivity contribution in [1.82, 2.24) is 4.90 Å². The molecule has 0 radical (unpaired) electrons. The van der Waals surface area contributed by atoms with E-state index in [2.05, 4.69) is 42.9 Å². The summed E-state index contributed by atoms with van der Waals surface area (Å²) >= 11 is 0. The summed E-state index contributed by atoms with van der Waals surface area (Å²) in [7, 11) is 2.18. The van der Waals surface area contributed by atoms with Gasteiger partial charge in [-0.2, -0.15) is 0 Å². The summed E-state index contributed by atoms with van der Waals surface area (Å²) in [5, 5.41) is 0. The van der Waals surface area contributed by atoms with Gasteiger partial charge < -0.3 is 4.90 Å². The molecule has 0 saturated heterocycles. The molecule has 0 aliphatic carbocycles. The fraction of sp³-hybridized carbons (Fsp3) is 0.583. The Balaban J connectivity index is 2.43. The Labute approximate surface area is 86.0 Å². The van der Waals surface area contributed by atoms with Crippen LogP contribution in [0.4, 0.5) is 0 Å². The molecule has 0 aromatic heterocycles. The molecule has 0 fully saturated rings. The smallest absolute Gasteiger partial charge is 0.0475 e. The number of aliphatic imine (C=N–C) groups is 1. The predicted molar refractivity (Wildman–Crippen MR) is 60.6 cm³/mol. The molecule has 0 aromatic carbocycles. The highest BCUT2D eigenvalue weighted by molar-refractivity contribution is 6.02. The highest BCUT2D eigenvalue weighted by Crippen LogP contribution is 2.29. The molecule has 0 bridgehead atoms. The van der Waals surface area contributed by atoms with Gasteiger partial charge in [0.05, 0.1) is 0 Å². The van der Waals surface area contributed by atoms with Crippen molar-refractivity contribution in [2.24, 2.45) is 10.9 Å². The highest BCUT2D eigenvalue weighted by Gasteiger charge is 2.25. The van der Waals surface area contributed by atoms with Gasteiger partial charge in [-0.1, -0.05) is 19.1 Å². The Morgan fingerprint density at radius 2 is 2.36 bits per heavy atom. The maximum absolute atomic E-state index is 4.58. The summed E-state index contributed by atoms with van der Waals surface area (Å²) < 4.78 is 0. The molecule has 0 spiro atoms. The van der Waals surface area contributed by atoms with E-state index in [1.54, 1.807) is 0 Å². The van der Waals surface area contributed by atoms with Crippen molar-refractivity contribution in [2.45, 2.75) is 20.3 Å². The van der Waals surface area contributed by atoms with Crippen LogP contribution in [0.1, 0.15) is 20.3 Å². The van der Waals surface area contributed by atoms with Gasteiger partial charge in [0.2, 0.25) is 0 Å². The van der Waals surface area contributed by atoms with Crippen LogP contribution in [0.15, 0.2) is 28.4 Å². The lowest BCUT2D eigenvalue weighted by atomic mass is 9.90. The molecular formula is C12H18N2. The molecule has 14 heavy (non-hydrogen) atoms. The number of allylic oxidation sites excluding steroid dienone is 2. The quantitative estimate of drug-likeness (QED) is 0.619. The highest BCUT2D eigenvalue weighted by atomic mass is 15.1. The van der Waals surface area contributed by atoms with Crippen LogP contribution in [-0.4, -0.2) is 30.7 Å². The van der Waals surface area contributed by atoms with Crippen molar-refractivity contribution in [3.8, 4) is 0 Å². The van der Waals surface area contributed by atoms with Gasteiger partial charge >= 0.3 is 0 Å². The molecule has 2 nitrogen and oxygen atoms in total. The lowest BCUT2D eigenvalue weighted by Crippen LogP contribution is -2.32. The first-order chi connectivity index (χ1) is 6.74. The Hall–Kier alpha value is -1.05. The summed E-state index contributed by atoms with van der Waals surface area (Å²) in [5.41, 5.74) is 4.06. The van der Waals surface area contributed by atoms with E-state index in [1.165, 1.54) is 23.4 Å². The van der Waals surface area contributed by atoms with Gasteiger partial charge in [0.1, 0.15) is 0 Å². The number of likely N-dealkylation sites (N-methyl/N-ethyl adjacent to an activating group) is 1. The van der Waals surface area contributed by atoms with E-state index in [0.717, 1.165) is 13.1 Å². The molecule has 2 rings (SSSR count). The van der Waals surface area contributed by atoms with E-state index < -0.39 is 0 Å². The lowest BCUT2D eigenvalue weighted by Gasteiger charge is -2.34. The molecule has 2 heteroatoms. The number of nitrogens with zero attached hydrogens (tertiary/aromatic N) is 2. The number of dihydropyridines is 1. The van der Waals surface area contributed by atoms with Crippen LogP contribution >= 0.6 is 0 Å². The Morgan fingerprint density at radius 1 is 1.57 bits per heavy atom. The van der Waals surface area contributed by atoms with Crippen LogP contribution < -0.4 is 0 Å². The number of hydrogen-bond donors (Lipinski definition) is 0. The van der Waals surface area contributed by atoms with Gasteiger partial charge in [-0.05, 0) is 13.3 Å². The molecule has 0 aromatic rings. The summed E-state index contributed by atoms with van der Waals surface area (Å²) in [6.07, 6.45) is 5.64. The van der Waals surface area contributed by atoms with Crippen molar-refractivity contribution >= 4 is 5.71 Å². The van der Waals surface area contributed by atoms with Crippen molar-refractivity contribution in [2.75, 3.05) is 20.1 Å². The summed E-state index contributed by atoms with van der Waals surface area (Å²) in [5.74, 6) is 0.628. The fourth-order valence-corrected chi connectivity index (χ4v) is 2.30. The van der Waals surface area contributed by atoms with E-state index in [1.807, 2.05) is 0 Å². The Bertz CT molecular complexity index is 323. The van der Waals surface area contributed by atoms with E-state index in [0.29, 0.717) is 5.92 Å². The Morgan fingerprint density at radius 3 is 3.07 bits per heavy atom. The largest absolute Gasteiger partial charge is 0.373 e. The van der Waals surface area contributed by atoms with Crippen molar-refractivity contribution in [3.05, 3.63) is 23.4 Å². The third-order valence-corrected chi connectivity index (χ3v) is 3.17. The number of hydrogen-bond acceptors (Lipinski definition) is 2. The first kappa shape index (κ1) is 9.50. The molecule has 0 amide bonds. The zero-order chi connectivity index (χ0) is 10.1. The fourth-order valence-electron chi connectivity index (χ4n) is 2.30. The van der Waals surface area contributed by atoms with Gasteiger partial charge in [-0.3, -0.25) is 4.99 Å². The summed E-state index contributed by atoms with van der Waals surface area (Å²) in [6, 6.07) is 0. The monoisotopic (exact) mass is 190 g/mol. The van der Waals surface area contributed by atoms with E-state index in [9.17, 15) is 0 Å². The normalized spacial score (nSPS) is 26.4. The molecule has 0 N–H and O–H groups in total. The lowest BCUT2D eigenvalue weighted by molar-refractivity contribution is 0.373. The van der Waals surface area contributed by atoms with Crippen LogP contribution in [0, 0.1) is 5.92 Å². The molecule has 2 heterocycles. The second-order valence-electron chi connectivity index (χ2n) is 4.11. The zero-order valence-corrected chi connectivity index (χ0v) is 9.25. The second-order valence-corrected chi connectivity index (χ2v) is 4.11. The standard InChI is InChI=1S/C12H18N2/c1-4-10-8-13-9(2)11-6-5-7-14(3)12(10)11/h5-6,10H,4,7-8H2,1-3H3. The molecule has 1 atom stereocenters. The number of rotatable bonds is 1. The van der Waals surface area contributed by atoms with Crippen LogP contribution in [0.3, 0.4) is 0 Å². The first-order valence-electron chi connectivity index (χ1n) is 5.37. The topological polar surface area (TPSA) is 15.6 Å². The van der Waals surface area contributed by atoms with Crippen molar-refractivity contribution < 1.29 is 0 Å². The second kappa shape index (κ2) is 3.60. The van der Waals surface area contributed by atoms with E-state index >= 15 is 0 Å².